The van der Waals surface area contributed by atoms with Crippen LogP contribution in [-0.2, 0) is 33.4 Å². The topological polar surface area (TPSA) is 90.1 Å². The molecule has 2 N–H and O–H groups in total. The number of phenols is 2. The molecule has 2 aromatic carbocycles. The molecule has 2 heterocycles. The molecule has 252 valence electrons. The van der Waals surface area contributed by atoms with Crippen LogP contribution in [0.1, 0.15) is 101 Å². The van der Waals surface area contributed by atoms with Gasteiger partial charge in [-0.25, -0.2) is 0 Å². The Morgan fingerprint density at radius 3 is 1.37 bits per heavy atom. The first-order valence-electron chi connectivity index (χ1n) is 17.3. The molecule has 0 spiro atoms. The van der Waals surface area contributed by atoms with Crippen LogP contribution in [0.25, 0.3) is 0 Å². The summed E-state index contributed by atoms with van der Waals surface area (Å²) in [7, 11) is 0. The first-order valence-corrected chi connectivity index (χ1v) is 17.3. The SMILES string of the molecule is CC(C)(C)c1cc(/C=N/C2CCCCC2/N=C/c2cc(C(C)(C)C)cc(CN3CCOCC3)c2O)c(O)c(CN2CCOCC2)c1. The highest BCUT2D eigenvalue weighted by atomic mass is 16.5. The number of benzene rings is 2. The fourth-order valence-electron chi connectivity index (χ4n) is 6.53. The molecule has 8 nitrogen and oxygen atoms in total. The van der Waals surface area contributed by atoms with E-state index in [9.17, 15) is 10.2 Å². The predicted octanol–water partition coefficient (Wildman–Crippen LogP) is 6.21. The van der Waals surface area contributed by atoms with Crippen LogP contribution in [0.3, 0.4) is 0 Å². The summed E-state index contributed by atoms with van der Waals surface area (Å²) >= 11 is 0. The van der Waals surface area contributed by atoms with Crippen LogP contribution in [0.2, 0.25) is 0 Å². The van der Waals surface area contributed by atoms with Gasteiger partial charge in [-0.3, -0.25) is 19.8 Å². The maximum absolute atomic E-state index is 11.4. The van der Waals surface area contributed by atoms with Crippen molar-refractivity contribution in [2.75, 3.05) is 52.6 Å². The van der Waals surface area contributed by atoms with Gasteiger partial charge in [-0.05, 0) is 46.9 Å². The normalized spacial score (nSPS) is 22.7. The van der Waals surface area contributed by atoms with Crippen LogP contribution in [0.5, 0.6) is 11.5 Å². The molecule has 46 heavy (non-hydrogen) atoms. The van der Waals surface area contributed by atoms with Crippen molar-refractivity contribution in [3.05, 3.63) is 57.6 Å². The highest BCUT2D eigenvalue weighted by Crippen LogP contribution is 2.34. The second-order valence-electron chi connectivity index (χ2n) is 15.4. The maximum Gasteiger partial charge on any atom is 0.128 e. The Kier molecular flexibility index (Phi) is 11.2. The lowest BCUT2D eigenvalue weighted by Gasteiger charge is -2.29. The van der Waals surface area contributed by atoms with Crippen molar-refractivity contribution in [1.82, 2.24) is 9.80 Å². The van der Waals surface area contributed by atoms with Crippen LogP contribution >= 0.6 is 0 Å². The van der Waals surface area contributed by atoms with Crippen LogP contribution in [0.15, 0.2) is 34.3 Å². The lowest BCUT2D eigenvalue weighted by Crippen LogP contribution is -2.35. The summed E-state index contributed by atoms with van der Waals surface area (Å²) in [5.41, 5.74) is 5.69. The van der Waals surface area contributed by atoms with Crippen molar-refractivity contribution < 1.29 is 19.7 Å². The summed E-state index contributed by atoms with van der Waals surface area (Å²) in [4.78, 5) is 14.8. The molecule has 1 aliphatic carbocycles. The van der Waals surface area contributed by atoms with Gasteiger partial charge in [0, 0.05) is 74.0 Å². The Morgan fingerprint density at radius 2 is 1.02 bits per heavy atom. The molecular weight excluding hydrogens is 576 g/mol. The lowest BCUT2D eigenvalue weighted by molar-refractivity contribution is 0.0338. The summed E-state index contributed by atoms with van der Waals surface area (Å²) < 4.78 is 11.1. The molecule has 5 rings (SSSR count). The molecule has 1 saturated carbocycles. The van der Waals surface area contributed by atoms with E-state index in [2.05, 4.69) is 75.6 Å². The van der Waals surface area contributed by atoms with E-state index in [1.165, 1.54) is 11.1 Å². The van der Waals surface area contributed by atoms with Gasteiger partial charge in [0.2, 0.25) is 0 Å². The minimum absolute atomic E-state index is 0.0196. The van der Waals surface area contributed by atoms with Crippen LogP contribution in [0.4, 0.5) is 0 Å². The third kappa shape index (κ3) is 8.97. The van der Waals surface area contributed by atoms with E-state index in [1.54, 1.807) is 0 Å². The van der Waals surface area contributed by atoms with Gasteiger partial charge in [-0.1, -0.05) is 66.5 Å². The monoisotopic (exact) mass is 632 g/mol. The standard InChI is InChI=1S/C38H56N4O4/c1-37(2,3)31-19-27(35(43)29(21-31)25-41-11-15-45-16-12-41)23-39-33-9-7-8-10-34(33)40-24-28-20-32(38(4,5)6)22-30(36(28)44)26-42-13-17-46-18-14-42/h19-24,33-34,43-44H,7-18,25-26H2,1-6H3/b39-23+,40-24+. The molecule has 2 saturated heterocycles. The van der Waals surface area contributed by atoms with Gasteiger partial charge >= 0.3 is 0 Å². The smallest absolute Gasteiger partial charge is 0.128 e. The fraction of sp³-hybridized carbons (Fsp3) is 0.632. The Bertz CT molecular complexity index is 1270. The number of hydrogen-bond acceptors (Lipinski definition) is 8. The van der Waals surface area contributed by atoms with Crippen LogP contribution in [-0.4, -0.2) is 97.1 Å². The average Bonchev–Trinajstić information content (AvgIpc) is 3.02. The van der Waals surface area contributed by atoms with Crippen LogP contribution in [0, 0.1) is 0 Å². The number of rotatable bonds is 8. The van der Waals surface area contributed by atoms with Crippen molar-refractivity contribution >= 4 is 12.4 Å². The van der Waals surface area contributed by atoms with Crippen molar-refractivity contribution in [2.45, 2.75) is 103 Å². The Balaban J connectivity index is 1.39. The summed E-state index contributed by atoms with van der Waals surface area (Å²) in [6.45, 7) is 21.0. The van der Waals surface area contributed by atoms with Gasteiger partial charge in [0.05, 0.1) is 38.5 Å². The third-order valence-corrected chi connectivity index (χ3v) is 9.67. The fourth-order valence-corrected chi connectivity index (χ4v) is 6.53. The number of aromatic hydroxyl groups is 2. The third-order valence-electron chi connectivity index (χ3n) is 9.67. The van der Waals surface area contributed by atoms with Crippen molar-refractivity contribution in [1.29, 1.82) is 0 Å². The summed E-state index contributed by atoms with van der Waals surface area (Å²) in [6, 6.07) is 8.53. The molecule has 3 aliphatic rings. The minimum Gasteiger partial charge on any atom is -0.507 e. The van der Waals surface area contributed by atoms with Gasteiger partial charge in [-0.15, -0.1) is 0 Å². The number of ether oxygens (including phenoxy) is 2. The molecule has 8 heteroatoms. The molecule has 0 amide bonds. The first kappa shape index (κ1) is 34.6. The zero-order valence-corrected chi connectivity index (χ0v) is 29.0. The second-order valence-corrected chi connectivity index (χ2v) is 15.4. The van der Waals surface area contributed by atoms with Gasteiger partial charge < -0.3 is 19.7 Å². The molecule has 2 aromatic rings. The highest BCUT2D eigenvalue weighted by Gasteiger charge is 2.26. The molecule has 0 radical (unpaired) electrons. The molecular formula is C38H56N4O4. The van der Waals surface area contributed by atoms with E-state index in [-0.39, 0.29) is 22.9 Å². The van der Waals surface area contributed by atoms with Gasteiger partial charge in [0.25, 0.3) is 0 Å². The quantitative estimate of drug-likeness (QED) is 0.337. The number of nitrogens with zero attached hydrogens (tertiary/aromatic N) is 4. The number of morpholine rings is 2. The van der Waals surface area contributed by atoms with Crippen LogP contribution < -0.4 is 0 Å². The highest BCUT2D eigenvalue weighted by molar-refractivity contribution is 5.86. The number of hydrogen-bond donors (Lipinski definition) is 2. The molecule has 2 aliphatic heterocycles. The van der Waals surface area contributed by atoms with E-state index in [1.807, 2.05) is 12.4 Å². The minimum atomic E-state index is -0.0576. The maximum atomic E-state index is 11.4. The molecule has 2 atom stereocenters. The van der Waals surface area contributed by atoms with E-state index in [0.29, 0.717) is 24.6 Å². The summed E-state index contributed by atoms with van der Waals surface area (Å²) in [5.74, 6) is 0.631. The lowest BCUT2D eigenvalue weighted by atomic mass is 9.84. The Labute approximate surface area is 276 Å². The van der Waals surface area contributed by atoms with Gasteiger partial charge in [-0.2, -0.15) is 0 Å². The largest absolute Gasteiger partial charge is 0.507 e. The molecule has 0 aromatic heterocycles. The number of phenolic OH excluding ortho intramolecular Hbond substituents is 2. The van der Waals surface area contributed by atoms with Crippen molar-refractivity contribution in [2.24, 2.45) is 9.98 Å². The summed E-state index contributed by atoms with van der Waals surface area (Å²) in [5, 5.41) is 22.8. The van der Waals surface area contributed by atoms with E-state index in [4.69, 9.17) is 19.5 Å². The zero-order valence-electron chi connectivity index (χ0n) is 29.0. The van der Waals surface area contributed by atoms with Gasteiger partial charge in [0.1, 0.15) is 11.5 Å². The Hall–Kier alpha value is -2.78. The van der Waals surface area contributed by atoms with Crippen molar-refractivity contribution in [3.8, 4) is 11.5 Å². The average molecular weight is 633 g/mol. The Morgan fingerprint density at radius 1 is 0.652 bits per heavy atom. The van der Waals surface area contributed by atoms with E-state index < -0.39 is 0 Å². The molecule has 2 unspecified atom stereocenters. The number of aliphatic imine (C=N–C) groups is 2. The summed E-state index contributed by atoms with van der Waals surface area (Å²) in [6.07, 6.45) is 7.88. The molecule has 0 bridgehead atoms. The second kappa shape index (κ2) is 15.0. The van der Waals surface area contributed by atoms with Crippen molar-refractivity contribution in [3.63, 3.8) is 0 Å². The van der Waals surface area contributed by atoms with E-state index >= 15 is 0 Å². The predicted molar refractivity (Wildman–Crippen MR) is 187 cm³/mol. The molecule has 3 fully saturated rings. The zero-order chi connectivity index (χ0) is 32.9. The van der Waals surface area contributed by atoms with Gasteiger partial charge in [0.15, 0.2) is 0 Å². The van der Waals surface area contributed by atoms with E-state index in [0.717, 1.165) is 101 Å². The first-order chi connectivity index (χ1) is 21.9.